The smallest absolute Gasteiger partial charge is 0.313 e. The second-order valence-corrected chi connectivity index (χ2v) is 7.45. The number of anilines is 1. The first-order chi connectivity index (χ1) is 13.8. The molecule has 1 aliphatic rings. The fourth-order valence-electron chi connectivity index (χ4n) is 3.56. The monoisotopic (exact) mass is 400 g/mol. The van der Waals surface area contributed by atoms with Gasteiger partial charge in [0.1, 0.15) is 5.82 Å². The first kappa shape index (κ1) is 20.4. The highest BCUT2D eigenvalue weighted by Crippen LogP contribution is 2.34. The van der Waals surface area contributed by atoms with Gasteiger partial charge >= 0.3 is 11.8 Å². The summed E-state index contributed by atoms with van der Waals surface area (Å²) in [6, 6.07) is 5.81. The number of aromatic nitrogens is 1. The van der Waals surface area contributed by atoms with Crippen molar-refractivity contribution in [3.8, 4) is 0 Å². The number of hydrogen-bond donors (Lipinski definition) is 2. The Labute approximate surface area is 169 Å². The van der Waals surface area contributed by atoms with Crippen molar-refractivity contribution >= 4 is 23.4 Å². The van der Waals surface area contributed by atoms with Crippen molar-refractivity contribution in [3.63, 3.8) is 0 Å². The minimum Gasteiger partial charge on any atom is -0.366 e. The van der Waals surface area contributed by atoms with Crippen LogP contribution in [0.2, 0.25) is 0 Å². The van der Waals surface area contributed by atoms with Gasteiger partial charge in [-0.1, -0.05) is 19.1 Å². The molecular weight excluding hydrogens is 375 g/mol. The molecule has 1 aliphatic heterocycles. The summed E-state index contributed by atoms with van der Waals surface area (Å²) in [5.41, 5.74) is 6.84. The molecule has 8 heteroatoms. The molecule has 154 valence electrons. The number of primary amides is 1. The lowest BCUT2D eigenvalue weighted by Gasteiger charge is -2.38. The summed E-state index contributed by atoms with van der Waals surface area (Å²) in [6.45, 7) is 4.11. The Balaban J connectivity index is 0.00000320. The number of nitrogens with one attached hydrogen (secondary N) is 1. The van der Waals surface area contributed by atoms with Crippen LogP contribution in [0.4, 0.5) is 10.1 Å². The molecule has 0 bridgehead atoms. The SMILES string of the molecule is Cc1cc([C@H]2CC[C@H](C)CN2C(=O)C(=O)Nc2cncc(C(N)=O)c2)ccc1F.[HH]. The fourth-order valence-corrected chi connectivity index (χ4v) is 3.56. The van der Waals surface area contributed by atoms with Crippen LogP contribution in [0.15, 0.2) is 36.7 Å². The highest BCUT2D eigenvalue weighted by Gasteiger charge is 2.34. The molecule has 0 radical (unpaired) electrons. The minimum atomic E-state index is -0.827. The zero-order valence-corrected chi connectivity index (χ0v) is 16.3. The number of likely N-dealkylation sites (tertiary alicyclic amines) is 1. The van der Waals surface area contributed by atoms with Crippen LogP contribution in [0.25, 0.3) is 0 Å². The van der Waals surface area contributed by atoms with Crippen molar-refractivity contribution in [2.45, 2.75) is 32.7 Å². The number of aryl methyl sites for hydroxylation is 1. The number of nitrogens with zero attached hydrogens (tertiary/aromatic N) is 2. The van der Waals surface area contributed by atoms with Gasteiger partial charge in [-0.15, -0.1) is 0 Å². The lowest BCUT2D eigenvalue weighted by atomic mass is 9.89. The summed E-state index contributed by atoms with van der Waals surface area (Å²) >= 11 is 0. The molecule has 2 aromatic rings. The van der Waals surface area contributed by atoms with Crippen LogP contribution in [-0.4, -0.2) is 34.2 Å². The maximum absolute atomic E-state index is 13.7. The predicted molar refractivity (Wildman–Crippen MR) is 107 cm³/mol. The van der Waals surface area contributed by atoms with Gasteiger partial charge in [0.2, 0.25) is 5.91 Å². The van der Waals surface area contributed by atoms with E-state index in [9.17, 15) is 18.8 Å². The number of carbonyl (C=O) groups excluding carboxylic acids is 3. The zero-order chi connectivity index (χ0) is 21.1. The van der Waals surface area contributed by atoms with Crippen LogP contribution in [0, 0.1) is 18.7 Å². The normalized spacial score (nSPS) is 18.9. The van der Waals surface area contributed by atoms with E-state index in [0.29, 0.717) is 18.5 Å². The molecular formula is C21H25FN4O3. The minimum absolute atomic E-state index is 0. The third-order valence-corrected chi connectivity index (χ3v) is 5.12. The lowest BCUT2D eigenvalue weighted by Crippen LogP contribution is -2.46. The summed E-state index contributed by atoms with van der Waals surface area (Å²) in [4.78, 5) is 42.2. The first-order valence-electron chi connectivity index (χ1n) is 9.39. The summed E-state index contributed by atoms with van der Waals surface area (Å²) in [7, 11) is 0. The number of carbonyl (C=O) groups is 3. The molecule has 1 saturated heterocycles. The Hall–Kier alpha value is -3.29. The molecule has 2 atom stereocenters. The summed E-state index contributed by atoms with van der Waals surface area (Å²) in [5, 5.41) is 2.48. The van der Waals surface area contributed by atoms with E-state index >= 15 is 0 Å². The lowest BCUT2D eigenvalue weighted by molar-refractivity contribution is -0.146. The molecule has 29 heavy (non-hydrogen) atoms. The average molecular weight is 400 g/mol. The van der Waals surface area contributed by atoms with Gasteiger partial charge in [0, 0.05) is 14.2 Å². The van der Waals surface area contributed by atoms with Crippen molar-refractivity contribution in [1.29, 1.82) is 0 Å². The standard InChI is InChI=1S/C21H23FN4O3.H2/c1-12-3-6-18(14-4-5-17(22)13(2)7-14)26(11-12)21(29)20(28)25-16-8-15(19(23)27)9-24-10-16;/h4-5,7-10,12,18H,3,6,11H2,1-2H3,(H2,23,27)(H,25,28);1H/t12-,18+;/m0./s1. The van der Waals surface area contributed by atoms with Gasteiger partial charge in [0.15, 0.2) is 0 Å². The first-order valence-corrected chi connectivity index (χ1v) is 9.39. The van der Waals surface area contributed by atoms with Gasteiger partial charge in [0.25, 0.3) is 0 Å². The van der Waals surface area contributed by atoms with Gasteiger partial charge in [-0.25, -0.2) is 4.39 Å². The van der Waals surface area contributed by atoms with Gasteiger partial charge in [-0.2, -0.15) is 0 Å². The van der Waals surface area contributed by atoms with Gasteiger partial charge in [-0.05, 0) is 48.9 Å². The number of benzene rings is 1. The molecule has 3 N–H and O–H groups in total. The average Bonchev–Trinajstić information content (AvgIpc) is 2.69. The maximum Gasteiger partial charge on any atom is 0.313 e. The van der Waals surface area contributed by atoms with Crippen LogP contribution < -0.4 is 11.1 Å². The predicted octanol–water partition coefficient (Wildman–Crippen LogP) is 2.81. The molecule has 2 heterocycles. The molecule has 0 saturated carbocycles. The van der Waals surface area contributed by atoms with E-state index in [1.165, 1.54) is 29.4 Å². The van der Waals surface area contributed by atoms with E-state index in [2.05, 4.69) is 10.3 Å². The van der Waals surface area contributed by atoms with Crippen LogP contribution in [0.3, 0.4) is 0 Å². The van der Waals surface area contributed by atoms with Crippen molar-refractivity contribution in [2.75, 3.05) is 11.9 Å². The summed E-state index contributed by atoms with van der Waals surface area (Å²) < 4.78 is 13.7. The Morgan fingerprint density at radius 1 is 1.24 bits per heavy atom. The number of amides is 3. The van der Waals surface area contributed by atoms with Crippen LogP contribution in [-0.2, 0) is 9.59 Å². The number of halogens is 1. The van der Waals surface area contributed by atoms with Crippen molar-refractivity contribution in [1.82, 2.24) is 9.88 Å². The molecule has 7 nitrogen and oxygen atoms in total. The Bertz CT molecular complexity index is 969. The van der Waals surface area contributed by atoms with E-state index in [4.69, 9.17) is 5.73 Å². The van der Waals surface area contributed by atoms with Crippen molar-refractivity contribution in [3.05, 3.63) is 59.2 Å². The fraction of sp³-hybridized carbons (Fsp3) is 0.333. The molecule has 0 unspecified atom stereocenters. The number of pyridine rings is 1. The van der Waals surface area contributed by atoms with Gasteiger partial charge in [0.05, 0.1) is 23.5 Å². The molecule has 1 fully saturated rings. The number of nitrogens with two attached hydrogens (primary N) is 1. The number of piperidine rings is 1. The van der Waals surface area contributed by atoms with Gasteiger partial charge in [-0.3, -0.25) is 19.4 Å². The third-order valence-electron chi connectivity index (χ3n) is 5.12. The molecule has 0 aliphatic carbocycles. The molecule has 0 spiro atoms. The third kappa shape index (κ3) is 4.59. The molecule has 3 amide bonds. The molecule has 1 aromatic carbocycles. The number of hydrogen-bond acceptors (Lipinski definition) is 4. The Morgan fingerprint density at radius 2 is 2.00 bits per heavy atom. The second kappa shape index (κ2) is 8.38. The van der Waals surface area contributed by atoms with Crippen LogP contribution in [0.1, 0.15) is 48.7 Å². The van der Waals surface area contributed by atoms with E-state index in [-0.39, 0.29) is 30.5 Å². The van der Waals surface area contributed by atoms with E-state index in [1.54, 1.807) is 19.1 Å². The Morgan fingerprint density at radius 3 is 2.69 bits per heavy atom. The topological polar surface area (TPSA) is 105 Å². The van der Waals surface area contributed by atoms with E-state index in [0.717, 1.165) is 12.0 Å². The van der Waals surface area contributed by atoms with E-state index < -0.39 is 17.7 Å². The zero-order valence-electron chi connectivity index (χ0n) is 16.3. The molecule has 1 aromatic heterocycles. The van der Waals surface area contributed by atoms with E-state index in [1.807, 2.05) is 6.92 Å². The van der Waals surface area contributed by atoms with Crippen LogP contribution >= 0.6 is 0 Å². The summed E-state index contributed by atoms with van der Waals surface area (Å²) in [6.07, 6.45) is 4.19. The maximum atomic E-state index is 13.7. The number of rotatable bonds is 3. The summed E-state index contributed by atoms with van der Waals surface area (Å²) in [5.74, 6) is -2.27. The largest absolute Gasteiger partial charge is 0.366 e. The highest BCUT2D eigenvalue weighted by molar-refractivity contribution is 6.39. The Kier molecular flexibility index (Phi) is 5.91. The van der Waals surface area contributed by atoms with Crippen molar-refractivity contribution in [2.24, 2.45) is 11.7 Å². The second-order valence-electron chi connectivity index (χ2n) is 7.45. The van der Waals surface area contributed by atoms with Gasteiger partial charge < -0.3 is 16.0 Å². The van der Waals surface area contributed by atoms with Crippen LogP contribution in [0.5, 0.6) is 0 Å². The quantitative estimate of drug-likeness (QED) is 0.773. The highest BCUT2D eigenvalue weighted by atomic mass is 19.1. The van der Waals surface area contributed by atoms with Crippen molar-refractivity contribution < 1.29 is 20.2 Å². The molecule has 3 rings (SSSR count).